The van der Waals surface area contributed by atoms with Crippen LogP contribution in [0.5, 0.6) is 0 Å². The molecule has 0 bridgehead atoms. The maximum absolute atomic E-state index is 5.33. The Bertz CT molecular complexity index is 383. The lowest BCUT2D eigenvalue weighted by molar-refractivity contribution is 1.06. The van der Waals surface area contributed by atoms with Gasteiger partial charge < -0.3 is 5.84 Å². The summed E-state index contributed by atoms with van der Waals surface area (Å²) in [5.74, 6) is 5.33. The molecule has 1 aromatic carbocycles. The number of fused-ring (bicyclic) bond motifs is 1. The number of nitrogens with zero attached hydrogens (tertiary/aromatic N) is 1. The van der Waals surface area contributed by atoms with Gasteiger partial charge in [-0.25, -0.2) is 0 Å². The van der Waals surface area contributed by atoms with E-state index in [4.69, 9.17) is 5.84 Å². The van der Waals surface area contributed by atoms with E-state index in [1.54, 1.807) is 0 Å². The number of hydrogen-bond acceptors (Lipinski definition) is 2. The first-order valence-electron chi connectivity index (χ1n) is 4.29. The van der Waals surface area contributed by atoms with Gasteiger partial charge in [0.25, 0.3) is 0 Å². The molecule has 0 aliphatic heterocycles. The highest BCUT2D eigenvalue weighted by atomic mass is 79.9. The molecule has 0 heterocycles. The second kappa shape index (κ2) is 3.14. The first-order valence-corrected chi connectivity index (χ1v) is 5.08. The Kier molecular flexibility index (Phi) is 2.12. The van der Waals surface area contributed by atoms with Crippen molar-refractivity contribution in [2.24, 2.45) is 10.9 Å². The van der Waals surface area contributed by atoms with Gasteiger partial charge in [0, 0.05) is 10.0 Å². The molecule has 0 spiro atoms. The number of benzene rings is 1. The molecule has 0 saturated carbocycles. The summed E-state index contributed by atoms with van der Waals surface area (Å²) in [5, 5.41) is 3.82. The minimum atomic E-state index is 0.968. The number of halogens is 1. The van der Waals surface area contributed by atoms with Gasteiger partial charge in [0.05, 0.1) is 5.71 Å². The molecule has 2 N–H and O–H groups in total. The van der Waals surface area contributed by atoms with E-state index in [-0.39, 0.29) is 0 Å². The van der Waals surface area contributed by atoms with Crippen molar-refractivity contribution >= 4 is 21.6 Å². The van der Waals surface area contributed by atoms with Gasteiger partial charge >= 0.3 is 0 Å². The van der Waals surface area contributed by atoms with E-state index in [9.17, 15) is 0 Å². The van der Waals surface area contributed by atoms with Crippen LogP contribution in [0.15, 0.2) is 21.7 Å². The SMILES string of the molecule is Cc1ccc(Br)c2c1CCC2=NN. The van der Waals surface area contributed by atoms with Gasteiger partial charge in [-0.05, 0) is 37.0 Å². The van der Waals surface area contributed by atoms with Crippen LogP contribution in [-0.2, 0) is 6.42 Å². The van der Waals surface area contributed by atoms with Crippen LogP contribution in [0, 0.1) is 6.92 Å². The molecule has 2 nitrogen and oxygen atoms in total. The Morgan fingerprint density at radius 2 is 2.15 bits per heavy atom. The molecule has 0 aromatic heterocycles. The van der Waals surface area contributed by atoms with E-state index >= 15 is 0 Å². The third kappa shape index (κ3) is 1.27. The van der Waals surface area contributed by atoms with E-state index in [1.807, 2.05) is 0 Å². The van der Waals surface area contributed by atoms with Crippen LogP contribution in [0.25, 0.3) is 0 Å². The molecule has 0 saturated heterocycles. The molecule has 0 radical (unpaired) electrons. The topological polar surface area (TPSA) is 38.4 Å². The number of aryl methyl sites for hydroxylation is 1. The Hall–Kier alpha value is -0.830. The summed E-state index contributed by atoms with van der Waals surface area (Å²) in [4.78, 5) is 0. The van der Waals surface area contributed by atoms with Crippen molar-refractivity contribution < 1.29 is 0 Å². The zero-order chi connectivity index (χ0) is 9.42. The molecular weight excluding hydrogens is 228 g/mol. The maximum Gasteiger partial charge on any atom is 0.0690 e. The maximum atomic E-state index is 5.33. The highest BCUT2D eigenvalue weighted by Crippen LogP contribution is 2.31. The van der Waals surface area contributed by atoms with Crippen LogP contribution >= 0.6 is 15.9 Å². The fourth-order valence-corrected chi connectivity index (χ4v) is 2.46. The van der Waals surface area contributed by atoms with Crippen LogP contribution < -0.4 is 5.84 Å². The molecular formula is C10H11BrN2. The van der Waals surface area contributed by atoms with Gasteiger partial charge in [0.2, 0.25) is 0 Å². The minimum Gasteiger partial charge on any atom is -0.323 e. The largest absolute Gasteiger partial charge is 0.323 e. The predicted octanol–water partition coefficient (Wildman–Crippen LogP) is 2.37. The Morgan fingerprint density at radius 3 is 2.85 bits per heavy atom. The summed E-state index contributed by atoms with van der Waals surface area (Å²) in [5.41, 5.74) is 4.95. The Morgan fingerprint density at radius 1 is 1.38 bits per heavy atom. The van der Waals surface area contributed by atoms with Gasteiger partial charge in [-0.1, -0.05) is 22.0 Å². The average Bonchev–Trinajstić information content (AvgIpc) is 2.56. The van der Waals surface area contributed by atoms with Crippen molar-refractivity contribution in [1.82, 2.24) is 0 Å². The van der Waals surface area contributed by atoms with E-state index in [0.29, 0.717) is 0 Å². The third-order valence-electron chi connectivity index (χ3n) is 2.55. The van der Waals surface area contributed by atoms with Crippen molar-refractivity contribution in [1.29, 1.82) is 0 Å². The van der Waals surface area contributed by atoms with Crippen LogP contribution in [0.4, 0.5) is 0 Å². The van der Waals surface area contributed by atoms with Crippen molar-refractivity contribution in [3.05, 3.63) is 33.3 Å². The van der Waals surface area contributed by atoms with E-state index in [0.717, 1.165) is 23.0 Å². The first-order chi connectivity index (χ1) is 6.24. The summed E-state index contributed by atoms with van der Waals surface area (Å²) >= 11 is 3.53. The Labute approximate surface area is 86.0 Å². The van der Waals surface area contributed by atoms with Crippen molar-refractivity contribution in [3.63, 3.8) is 0 Å². The third-order valence-corrected chi connectivity index (χ3v) is 3.21. The molecule has 0 amide bonds. The normalized spacial score (nSPS) is 17.8. The highest BCUT2D eigenvalue weighted by molar-refractivity contribution is 9.10. The summed E-state index contributed by atoms with van der Waals surface area (Å²) in [6.07, 6.45) is 2.03. The van der Waals surface area contributed by atoms with Crippen LogP contribution in [0.1, 0.15) is 23.1 Å². The van der Waals surface area contributed by atoms with E-state index in [1.165, 1.54) is 16.7 Å². The first kappa shape index (κ1) is 8.75. The molecule has 13 heavy (non-hydrogen) atoms. The lowest BCUT2D eigenvalue weighted by atomic mass is 10.0. The fourth-order valence-electron chi connectivity index (χ4n) is 1.86. The molecule has 1 aliphatic rings. The second-order valence-electron chi connectivity index (χ2n) is 3.29. The van der Waals surface area contributed by atoms with Crippen molar-refractivity contribution in [2.75, 3.05) is 0 Å². The smallest absolute Gasteiger partial charge is 0.0690 e. The monoisotopic (exact) mass is 238 g/mol. The van der Waals surface area contributed by atoms with Gasteiger partial charge in [0.1, 0.15) is 0 Å². The number of rotatable bonds is 0. The van der Waals surface area contributed by atoms with Crippen LogP contribution in [-0.4, -0.2) is 5.71 Å². The molecule has 1 aliphatic carbocycles. The number of nitrogens with two attached hydrogens (primary N) is 1. The van der Waals surface area contributed by atoms with Gasteiger partial charge in [-0.2, -0.15) is 5.10 Å². The van der Waals surface area contributed by atoms with Gasteiger partial charge in [-0.3, -0.25) is 0 Å². The van der Waals surface area contributed by atoms with Crippen molar-refractivity contribution in [2.45, 2.75) is 19.8 Å². The lowest BCUT2D eigenvalue weighted by Crippen LogP contribution is -2.00. The molecule has 0 atom stereocenters. The summed E-state index contributed by atoms with van der Waals surface area (Å²) in [6.45, 7) is 2.13. The number of hydrogen-bond donors (Lipinski definition) is 1. The zero-order valence-corrected chi connectivity index (χ0v) is 9.06. The van der Waals surface area contributed by atoms with Gasteiger partial charge in [-0.15, -0.1) is 0 Å². The quantitative estimate of drug-likeness (QED) is 0.547. The molecule has 1 aromatic rings. The average molecular weight is 239 g/mol. The Balaban J connectivity index is 2.69. The number of hydrazone groups is 1. The van der Waals surface area contributed by atoms with Gasteiger partial charge in [0.15, 0.2) is 0 Å². The van der Waals surface area contributed by atoms with Crippen LogP contribution in [0.2, 0.25) is 0 Å². The molecule has 3 heteroatoms. The van der Waals surface area contributed by atoms with E-state index < -0.39 is 0 Å². The highest BCUT2D eigenvalue weighted by Gasteiger charge is 2.21. The minimum absolute atomic E-state index is 0.968. The molecule has 0 unspecified atom stereocenters. The molecule has 68 valence electrons. The lowest BCUT2D eigenvalue weighted by Gasteiger charge is -2.05. The molecule has 2 rings (SSSR count). The summed E-state index contributed by atoms with van der Waals surface area (Å²) < 4.78 is 1.11. The zero-order valence-electron chi connectivity index (χ0n) is 7.47. The summed E-state index contributed by atoms with van der Waals surface area (Å²) in [6, 6.07) is 4.19. The summed E-state index contributed by atoms with van der Waals surface area (Å²) in [7, 11) is 0. The second-order valence-corrected chi connectivity index (χ2v) is 4.15. The standard InChI is InChI=1S/C10H11BrN2/c1-6-2-4-8(11)10-7(6)3-5-9(10)13-12/h2,4H,3,5,12H2,1H3. The fraction of sp³-hybridized carbons (Fsp3) is 0.300. The molecule has 0 fully saturated rings. The van der Waals surface area contributed by atoms with E-state index in [2.05, 4.69) is 40.1 Å². The van der Waals surface area contributed by atoms with Crippen molar-refractivity contribution in [3.8, 4) is 0 Å². The van der Waals surface area contributed by atoms with Crippen LogP contribution in [0.3, 0.4) is 0 Å². The predicted molar refractivity (Wildman–Crippen MR) is 57.9 cm³/mol.